The Morgan fingerprint density at radius 1 is 1.37 bits per heavy atom. The molecule has 3 heterocycles. The van der Waals surface area contributed by atoms with Gasteiger partial charge >= 0.3 is 6.18 Å². The van der Waals surface area contributed by atoms with Crippen molar-refractivity contribution < 1.29 is 18.0 Å². The lowest BCUT2D eigenvalue weighted by Crippen LogP contribution is -2.39. The summed E-state index contributed by atoms with van der Waals surface area (Å²) >= 11 is 1.66. The van der Waals surface area contributed by atoms with Crippen molar-refractivity contribution in [3.63, 3.8) is 0 Å². The first-order valence-electron chi connectivity index (χ1n) is 9.34. The smallest absolute Gasteiger partial charge is 0.338 e. The third kappa shape index (κ3) is 3.63. The quantitative estimate of drug-likeness (QED) is 0.803. The maximum atomic E-state index is 13.1. The summed E-state index contributed by atoms with van der Waals surface area (Å²) in [5.74, 6) is 0.532. The van der Waals surface area contributed by atoms with Gasteiger partial charge in [0.25, 0.3) is 5.91 Å². The average Bonchev–Trinajstić information content (AvgIpc) is 3.28. The SMILES string of the molecule is C[C@H]1CCc2c(C(=O)N3CCC[C@@H](c4cc(C(F)(F)F)n[nH]4)C3)csc2C1. The van der Waals surface area contributed by atoms with E-state index in [1.54, 1.807) is 16.2 Å². The molecule has 0 spiro atoms. The molecule has 0 radical (unpaired) electrons. The van der Waals surface area contributed by atoms with Gasteiger partial charge in [-0.3, -0.25) is 9.89 Å². The molecule has 27 heavy (non-hydrogen) atoms. The Labute approximate surface area is 159 Å². The van der Waals surface area contributed by atoms with Crippen LogP contribution in [0.15, 0.2) is 11.4 Å². The fourth-order valence-corrected chi connectivity index (χ4v) is 5.37. The number of carbonyl (C=O) groups is 1. The third-order valence-corrected chi connectivity index (χ3v) is 6.72. The van der Waals surface area contributed by atoms with Gasteiger partial charge in [-0.15, -0.1) is 11.3 Å². The summed E-state index contributed by atoms with van der Waals surface area (Å²) in [6, 6.07) is 1.08. The van der Waals surface area contributed by atoms with Gasteiger partial charge in [0.15, 0.2) is 5.69 Å². The van der Waals surface area contributed by atoms with Crippen molar-refractivity contribution in [2.75, 3.05) is 13.1 Å². The number of hydrogen-bond donors (Lipinski definition) is 1. The number of aromatic amines is 1. The molecule has 1 aliphatic carbocycles. The van der Waals surface area contributed by atoms with Crippen LogP contribution in [0.4, 0.5) is 13.2 Å². The summed E-state index contributed by atoms with van der Waals surface area (Å²) in [4.78, 5) is 16.2. The fraction of sp³-hybridized carbons (Fsp3) is 0.579. The summed E-state index contributed by atoms with van der Waals surface area (Å²) in [7, 11) is 0. The monoisotopic (exact) mass is 397 g/mol. The number of amides is 1. The lowest BCUT2D eigenvalue weighted by atomic mass is 9.88. The average molecular weight is 397 g/mol. The van der Waals surface area contributed by atoms with Crippen molar-refractivity contribution in [3.05, 3.63) is 38.8 Å². The number of piperidine rings is 1. The Kier molecular flexibility index (Phi) is 4.78. The molecule has 146 valence electrons. The Morgan fingerprint density at radius 3 is 2.93 bits per heavy atom. The molecule has 8 heteroatoms. The van der Waals surface area contributed by atoms with Crippen molar-refractivity contribution >= 4 is 17.2 Å². The Bertz CT molecular complexity index is 842. The van der Waals surface area contributed by atoms with E-state index in [4.69, 9.17) is 0 Å². The molecular formula is C19H22F3N3OS. The molecular weight excluding hydrogens is 375 g/mol. The number of likely N-dealkylation sites (tertiary alicyclic amines) is 1. The van der Waals surface area contributed by atoms with Crippen LogP contribution in [0.1, 0.15) is 64.3 Å². The Hall–Kier alpha value is -1.83. The zero-order valence-electron chi connectivity index (χ0n) is 15.1. The maximum Gasteiger partial charge on any atom is 0.435 e. The molecule has 2 aromatic heterocycles. The molecule has 1 saturated heterocycles. The molecule has 2 atom stereocenters. The molecule has 0 saturated carbocycles. The van der Waals surface area contributed by atoms with E-state index >= 15 is 0 Å². The molecule has 2 aromatic rings. The molecule has 2 aliphatic rings. The number of alkyl halides is 3. The molecule has 1 amide bonds. The summed E-state index contributed by atoms with van der Waals surface area (Å²) < 4.78 is 38.4. The zero-order chi connectivity index (χ0) is 19.2. The van der Waals surface area contributed by atoms with Crippen LogP contribution < -0.4 is 0 Å². The Morgan fingerprint density at radius 2 is 2.19 bits per heavy atom. The van der Waals surface area contributed by atoms with Crippen molar-refractivity contribution in [2.45, 2.75) is 51.1 Å². The first-order chi connectivity index (χ1) is 12.8. The minimum Gasteiger partial charge on any atom is -0.338 e. The van der Waals surface area contributed by atoms with E-state index in [-0.39, 0.29) is 11.8 Å². The minimum absolute atomic E-state index is 0.0160. The molecule has 0 aromatic carbocycles. The van der Waals surface area contributed by atoms with Crippen LogP contribution in [0.5, 0.6) is 0 Å². The number of halogens is 3. The van der Waals surface area contributed by atoms with Gasteiger partial charge in [-0.2, -0.15) is 18.3 Å². The van der Waals surface area contributed by atoms with E-state index in [1.807, 2.05) is 5.38 Å². The predicted molar refractivity (Wildman–Crippen MR) is 97.0 cm³/mol. The second-order valence-electron chi connectivity index (χ2n) is 7.70. The van der Waals surface area contributed by atoms with E-state index in [0.29, 0.717) is 24.7 Å². The lowest BCUT2D eigenvalue weighted by molar-refractivity contribution is -0.141. The van der Waals surface area contributed by atoms with Gasteiger partial charge in [0.1, 0.15) is 0 Å². The summed E-state index contributed by atoms with van der Waals surface area (Å²) in [5, 5.41) is 7.89. The van der Waals surface area contributed by atoms with Crippen molar-refractivity contribution in [2.24, 2.45) is 5.92 Å². The van der Waals surface area contributed by atoms with Gasteiger partial charge < -0.3 is 4.90 Å². The molecule has 1 N–H and O–H groups in total. The van der Waals surface area contributed by atoms with Crippen LogP contribution in [0, 0.1) is 5.92 Å². The van der Waals surface area contributed by atoms with Gasteiger partial charge in [0.05, 0.1) is 5.56 Å². The number of aromatic nitrogens is 2. The molecule has 1 aliphatic heterocycles. The molecule has 4 rings (SSSR count). The number of hydrogen-bond acceptors (Lipinski definition) is 3. The van der Waals surface area contributed by atoms with Gasteiger partial charge in [-0.1, -0.05) is 6.92 Å². The number of fused-ring (bicyclic) bond motifs is 1. The van der Waals surface area contributed by atoms with E-state index in [9.17, 15) is 18.0 Å². The highest BCUT2D eigenvalue weighted by molar-refractivity contribution is 7.10. The van der Waals surface area contributed by atoms with Crippen LogP contribution in [0.2, 0.25) is 0 Å². The zero-order valence-corrected chi connectivity index (χ0v) is 15.9. The molecule has 0 bridgehead atoms. The van der Waals surface area contributed by atoms with E-state index in [0.717, 1.165) is 43.7 Å². The summed E-state index contributed by atoms with van der Waals surface area (Å²) in [5.41, 5.74) is 1.54. The maximum absolute atomic E-state index is 13.1. The van der Waals surface area contributed by atoms with Crippen LogP contribution in [0.3, 0.4) is 0 Å². The second-order valence-corrected chi connectivity index (χ2v) is 8.66. The van der Waals surface area contributed by atoms with Gasteiger partial charge in [-0.05, 0) is 49.7 Å². The standard InChI is InChI=1S/C19H22F3N3OS/c1-11-4-5-13-14(10-27-16(13)7-11)18(26)25-6-2-3-12(9-25)15-8-17(24-23-15)19(20,21)22/h8,10-12H,2-7,9H2,1H3,(H,23,24)/t11-,12+/m0/s1. The molecule has 0 unspecified atom stereocenters. The highest BCUT2D eigenvalue weighted by Crippen LogP contribution is 2.35. The van der Waals surface area contributed by atoms with E-state index in [1.165, 1.54) is 10.4 Å². The van der Waals surface area contributed by atoms with Crippen LogP contribution in [0.25, 0.3) is 0 Å². The second kappa shape index (κ2) is 6.96. The molecule has 1 fully saturated rings. The number of thiophene rings is 1. The minimum atomic E-state index is -4.45. The largest absolute Gasteiger partial charge is 0.435 e. The van der Waals surface area contributed by atoms with Crippen molar-refractivity contribution in [1.29, 1.82) is 0 Å². The van der Waals surface area contributed by atoms with E-state index < -0.39 is 11.9 Å². The Balaban J connectivity index is 1.50. The lowest BCUT2D eigenvalue weighted by Gasteiger charge is -2.32. The summed E-state index contributed by atoms with van der Waals surface area (Å²) in [6.07, 6.45) is 0.146. The van der Waals surface area contributed by atoms with Crippen LogP contribution in [-0.2, 0) is 19.0 Å². The van der Waals surface area contributed by atoms with E-state index in [2.05, 4.69) is 17.1 Å². The van der Waals surface area contributed by atoms with Gasteiger partial charge in [-0.25, -0.2) is 0 Å². The topological polar surface area (TPSA) is 49.0 Å². The van der Waals surface area contributed by atoms with Crippen molar-refractivity contribution in [3.8, 4) is 0 Å². The highest BCUT2D eigenvalue weighted by Gasteiger charge is 2.36. The number of rotatable bonds is 2. The fourth-order valence-electron chi connectivity index (χ4n) is 4.13. The van der Waals surface area contributed by atoms with Crippen LogP contribution in [-0.4, -0.2) is 34.1 Å². The summed E-state index contributed by atoms with van der Waals surface area (Å²) in [6.45, 7) is 3.31. The first kappa shape index (κ1) is 18.5. The number of nitrogens with zero attached hydrogens (tertiary/aromatic N) is 2. The predicted octanol–water partition coefficient (Wildman–Crippen LogP) is 4.63. The van der Waals surface area contributed by atoms with Crippen molar-refractivity contribution in [1.82, 2.24) is 15.1 Å². The van der Waals surface area contributed by atoms with Gasteiger partial charge in [0.2, 0.25) is 0 Å². The number of nitrogens with one attached hydrogen (secondary N) is 1. The highest BCUT2D eigenvalue weighted by atomic mass is 32.1. The van der Waals surface area contributed by atoms with Crippen LogP contribution >= 0.6 is 11.3 Å². The third-order valence-electron chi connectivity index (χ3n) is 5.67. The first-order valence-corrected chi connectivity index (χ1v) is 10.2. The normalized spacial score (nSPS) is 23.3. The molecule has 4 nitrogen and oxygen atoms in total. The number of H-pyrrole nitrogens is 1. The number of carbonyl (C=O) groups excluding carboxylic acids is 1. The van der Waals surface area contributed by atoms with Gasteiger partial charge in [0, 0.05) is 35.0 Å².